The first-order chi connectivity index (χ1) is 14.1. The standard InChI is InChI=1S/C23H20N4O2/c1-23(2,17-3-7-19(8-4-17)28-21-15-24-11-13-26-21)18-5-9-20(10-6-18)29-22-16-25-12-14-27-22/h3-16H,1-2H3. The Labute approximate surface area is 169 Å². The number of rotatable bonds is 6. The molecule has 0 bridgehead atoms. The Morgan fingerprint density at radius 1 is 0.586 bits per heavy atom. The molecule has 6 nitrogen and oxygen atoms in total. The molecule has 4 aromatic rings. The Balaban J connectivity index is 1.48. The highest BCUT2D eigenvalue weighted by Gasteiger charge is 2.23. The van der Waals surface area contributed by atoms with Crippen molar-refractivity contribution in [1.29, 1.82) is 0 Å². The Hall–Kier alpha value is -3.80. The van der Waals surface area contributed by atoms with Crippen LogP contribution in [-0.4, -0.2) is 19.9 Å². The van der Waals surface area contributed by atoms with E-state index in [4.69, 9.17) is 9.47 Å². The monoisotopic (exact) mass is 384 g/mol. The van der Waals surface area contributed by atoms with Gasteiger partial charge in [-0.3, -0.25) is 9.97 Å². The zero-order valence-corrected chi connectivity index (χ0v) is 16.2. The normalized spacial score (nSPS) is 11.1. The van der Waals surface area contributed by atoms with Crippen molar-refractivity contribution < 1.29 is 9.47 Å². The van der Waals surface area contributed by atoms with E-state index in [0.717, 1.165) is 11.5 Å². The largest absolute Gasteiger partial charge is 0.438 e. The number of hydrogen-bond donors (Lipinski definition) is 0. The van der Waals surface area contributed by atoms with Crippen LogP contribution in [0.2, 0.25) is 0 Å². The molecule has 0 N–H and O–H groups in total. The lowest BCUT2D eigenvalue weighted by Crippen LogP contribution is -2.18. The molecule has 0 aliphatic rings. The number of benzene rings is 2. The molecule has 0 amide bonds. The predicted molar refractivity (Wildman–Crippen MR) is 109 cm³/mol. The maximum absolute atomic E-state index is 5.72. The lowest BCUT2D eigenvalue weighted by molar-refractivity contribution is 0.459. The van der Waals surface area contributed by atoms with Gasteiger partial charge >= 0.3 is 0 Å². The second-order valence-corrected chi connectivity index (χ2v) is 6.97. The Morgan fingerprint density at radius 3 is 1.34 bits per heavy atom. The van der Waals surface area contributed by atoms with Crippen LogP contribution in [0.5, 0.6) is 23.3 Å². The van der Waals surface area contributed by atoms with Crippen molar-refractivity contribution in [1.82, 2.24) is 19.9 Å². The summed E-state index contributed by atoms with van der Waals surface area (Å²) >= 11 is 0. The second-order valence-electron chi connectivity index (χ2n) is 6.97. The molecule has 4 rings (SSSR count). The highest BCUT2D eigenvalue weighted by molar-refractivity contribution is 5.42. The molecule has 0 spiro atoms. The molecule has 0 atom stereocenters. The molecule has 29 heavy (non-hydrogen) atoms. The fourth-order valence-corrected chi connectivity index (χ4v) is 2.96. The van der Waals surface area contributed by atoms with E-state index in [0.29, 0.717) is 11.8 Å². The first-order valence-electron chi connectivity index (χ1n) is 9.20. The smallest absolute Gasteiger partial charge is 0.237 e. The number of nitrogens with zero attached hydrogens (tertiary/aromatic N) is 4. The molecule has 2 aromatic carbocycles. The minimum absolute atomic E-state index is 0.184. The molecular formula is C23H20N4O2. The summed E-state index contributed by atoms with van der Waals surface area (Å²) in [5.74, 6) is 2.38. The third kappa shape index (κ3) is 4.38. The van der Waals surface area contributed by atoms with Gasteiger partial charge in [0.2, 0.25) is 11.8 Å². The van der Waals surface area contributed by atoms with Gasteiger partial charge in [-0.15, -0.1) is 0 Å². The van der Waals surface area contributed by atoms with Gasteiger partial charge < -0.3 is 9.47 Å². The molecule has 0 aliphatic carbocycles. The quantitative estimate of drug-likeness (QED) is 0.456. The summed E-state index contributed by atoms with van der Waals surface area (Å²) in [6.45, 7) is 4.37. The van der Waals surface area contributed by atoms with Gasteiger partial charge in [-0.25, -0.2) is 9.97 Å². The van der Waals surface area contributed by atoms with Crippen molar-refractivity contribution in [2.45, 2.75) is 19.3 Å². The van der Waals surface area contributed by atoms with Crippen molar-refractivity contribution in [3.05, 3.63) is 96.8 Å². The highest BCUT2D eigenvalue weighted by Crippen LogP contribution is 2.34. The average molecular weight is 384 g/mol. The lowest BCUT2D eigenvalue weighted by atomic mass is 9.78. The van der Waals surface area contributed by atoms with Crippen molar-refractivity contribution in [3.8, 4) is 23.3 Å². The van der Waals surface area contributed by atoms with E-state index in [1.165, 1.54) is 11.1 Å². The van der Waals surface area contributed by atoms with Gasteiger partial charge in [0.25, 0.3) is 0 Å². The molecule has 2 heterocycles. The topological polar surface area (TPSA) is 70.0 Å². The fraction of sp³-hybridized carbons (Fsp3) is 0.130. The number of hydrogen-bond acceptors (Lipinski definition) is 6. The Morgan fingerprint density at radius 2 is 1.00 bits per heavy atom. The van der Waals surface area contributed by atoms with Crippen LogP contribution in [0.15, 0.2) is 85.7 Å². The highest BCUT2D eigenvalue weighted by atomic mass is 16.5. The van der Waals surface area contributed by atoms with Gasteiger partial charge in [-0.2, -0.15) is 0 Å². The van der Waals surface area contributed by atoms with Crippen LogP contribution in [0.4, 0.5) is 0 Å². The molecule has 0 radical (unpaired) electrons. The summed E-state index contributed by atoms with van der Waals surface area (Å²) in [7, 11) is 0. The van der Waals surface area contributed by atoms with Gasteiger partial charge in [0.1, 0.15) is 11.5 Å². The molecule has 0 saturated heterocycles. The van der Waals surface area contributed by atoms with Crippen LogP contribution in [0.25, 0.3) is 0 Å². The summed E-state index contributed by atoms with van der Waals surface area (Å²) in [5.41, 5.74) is 2.16. The van der Waals surface area contributed by atoms with Crippen LogP contribution >= 0.6 is 0 Å². The van der Waals surface area contributed by atoms with E-state index < -0.39 is 0 Å². The summed E-state index contributed by atoms with van der Waals surface area (Å²) in [6, 6.07) is 16.0. The van der Waals surface area contributed by atoms with Crippen LogP contribution in [-0.2, 0) is 5.41 Å². The maximum Gasteiger partial charge on any atom is 0.237 e. The van der Waals surface area contributed by atoms with Crippen LogP contribution in [0.3, 0.4) is 0 Å². The average Bonchev–Trinajstić information content (AvgIpc) is 2.76. The van der Waals surface area contributed by atoms with Crippen molar-refractivity contribution in [3.63, 3.8) is 0 Å². The third-order valence-electron chi connectivity index (χ3n) is 4.68. The van der Waals surface area contributed by atoms with Gasteiger partial charge in [0.05, 0.1) is 12.4 Å². The van der Waals surface area contributed by atoms with E-state index in [-0.39, 0.29) is 5.41 Å². The number of ether oxygens (including phenoxy) is 2. The zero-order valence-electron chi connectivity index (χ0n) is 16.2. The van der Waals surface area contributed by atoms with Crippen LogP contribution in [0.1, 0.15) is 25.0 Å². The summed E-state index contributed by atoms with van der Waals surface area (Å²) in [4.78, 5) is 16.3. The maximum atomic E-state index is 5.72. The Bertz CT molecular complexity index is 965. The molecule has 0 saturated carbocycles. The molecule has 0 aliphatic heterocycles. The second kappa shape index (κ2) is 8.06. The van der Waals surface area contributed by atoms with E-state index in [1.54, 1.807) is 37.2 Å². The molecule has 2 aromatic heterocycles. The Kier molecular flexibility index (Phi) is 5.16. The zero-order chi connectivity index (χ0) is 20.1. The van der Waals surface area contributed by atoms with E-state index >= 15 is 0 Å². The van der Waals surface area contributed by atoms with Gasteiger partial charge in [-0.1, -0.05) is 38.1 Å². The fourth-order valence-electron chi connectivity index (χ4n) is 2.96. The van der Waals surface area contributed by atoms with Crippen LogP contribution in [0, 0.1) is 0 Å². The van der Waals surface area contributed by atoms with Crippen molar-refractivity contribution >= 4 is 0 Å². The van der Waals surface area contributed by atoms with Gasteiger partial charge in [0, 0.05) is 30.2 Å². The first-order valence-corrected chi connectivity index (χ1v) is 9.20. The number of aromatic nitrogens is 4. The van der Waals surface area contributed by atoms with E-state index in [9.17, 15) is 0 Å². The minimum Gasteiger partial charge on any atom is -0.438 e. The molecule has 0 fully saturated rings. The first kappa shape index (κ1) is 18.6. The summed E-state index contributed by atoms with van der Waals surface area (Å²) < 4.78 is 11.4. The molecular weight excluding hydrogens is 364 g/mol. The van der Waals surface area contributed by atoms with E-state index in [2.05, 4.69) is 58.0 Å². The lowest BCUT2D eigenvalue weighted by Gasteiger charge is -2.26. The molecule has 0 unspecified atom stereocenters. The van der Waals surface area contributed by atoms with Crippen molar-refractivity contribution in [2.24, 2.45) is 0 Å². The van der Waals surface area contributed by atoms with Gasteiger partial charge in [0.15, 0.2) is 0 Å². The van der Waals surface area contributed by atoms with Crippen LogP contribution < -0.4 is 9.47 Å². The van der Waals surface area contributed by atoms with Crippen molar-refractivity contribution in [2.75, 3.05) is 0 Å². The molecule has 144 valence electrons. The predicted octanol–water partition coefficient (Wildman–Crippen LogP) is 5.18. The summed E-state index contributed by atoms with van der Waals surface area (Å²) in [5, 5.41) is 0. The minimum atomic E-state index is -0.184. The third-order valence-corrected chi connectivity index (χ3v) is 4.68. The SMILES string of the molecule is CC(C)(c1ccc(Oc2cnccn2)cc1)c1ccc(Oc2cnccn2)cc1. The molecule has 6 heteroatoms. The summed E-state index contributed by atoms with van der Waals surface area (Å²) in [6.07, 6.45) is 9.60. The van der Waals surface area contributed by atoms with E-state index in [1.807, 2.05) is 24.3 Å². The van der Waals surface area contributed by atoms with Gasteiger partial charge in [-0.05, 0) is 35.4 Å².